The quantitative estimate of drug-likeness (QED) is 0.659. The zero-order chi connectivity index (χ0) is 13.9. The normalized spacial score (nSPS) is 10.9. The van der Waals surface area contributed by atoms with E-state index in [9.17, 15) is 0 Å². The number of para-hydroxylation sites is 1. The van der Waals surface area contributed by atoms with Gasteiger partial charge in [0.1, 0.15) is 5.75 Å². The van der Waals surface area contributed by atoms with Gasteiger partial charge in [0.2, 0.25) is 0 Å². The Bertz CT molecular complexity index is 339. The number of nitrogens with one attached hydrogen (secondary N) is 1. The highest BCUT2D eigenvalue weighted by Gasteiger charge is 2.03. The van der Waals surface area contributed by atoms with Gasteiger partial charge in [0.15, 0.2) is 0 Å². The van der Waals surface area contributed by atoms with Crippen LogP contribution in [0.2, 0.25) is 0 Å². The summed E-state index contributed by atoms with van der Waals surface area (Å²) in [7, 11) is 1.73. The van der Waals surface area contributed by atoms with Crippen molar-refractivity contribution in [1.82, 2.24) is 5.32 Å². The molecule has 19 heavy (non-hydrogen) atoms. The van der Waals surface area contributed by atoms with E-state index in [0.29, 0.717) is 5.92 Å². The summed E-state index contributed by atoms with van der Waals surface area (Å²) in [6.07, 6.45) is 2.13. The van der Waals surface area contributed by atoms with Crippen molar-refractivity contribution >= 4 is 0 Å². The summed E-state index contributed by atoms with van der Waals surface area (Å²) in [5.41, 5.74) is 1.23. The van der Waals surface area contributed by atoms with Gasteiger partial charge in [0.25, 0.3) is 0 Å². The van der Waals surface area contributed by atoms with Gasteiger partial charge in [-0.05, 0) is 31.4 Å². The van der Waals surface area contributed by atoms with E-state index in [1.54, 1.807) is 7.11 Å². The summed E-state index contributed by atoms with van der Waals surface area (Å²) in [6, 6.07) is 8.25. The topological polar surface area (TPSA) is 30.5 Å². The second kappa shape index (κ2) is 9.82. The molecule has 108 valence electrons. The standard InChI is InChI=1S/C16H27NO2/c1-14(2)9-12-19-16-8-5-4-7-15(16)13-17-10-6-11-18-3/h4-5,7-8,14,17H,6,9-13H2,1-3H3. The maximum absolute atomic E-state index is 5.86. The molecule has 0 unspecified atom stereocenters. The van der Waals surface area contributed by atoms with Gasteiger partial charge >= 0.3 is 0 Å². The highest BCUT2D eigenvalue weighted by molar-refractivity contribution is 5.33. The van der Waals surface area contributed by atoms with Crippen LogP contribution >= 0.6 is 0 Å². The average Bonchev–Trinajstić information content (AvgIpc) is 2.40. The second-order valence-electron chi connectivity index (χ2n) is 5.16. The Morgan fingerprint density at radius 2 is 1.95 bits per heavy atom. The van der Waals surface area contributed by atoms with Crippen LogP contribution < -0.4 is 10.1 Å². The molecule has 1 N–H and O–H groups in total. The van der Waals surface area contributed by atoms with Gasteiger partial charge in [-0.3, -0.25) is 0 Å². The molecule has 0 amide bonds. The summed E-state index contributed by atoms with van der Waals surface area (Å²) < 4.78 is 10.9. The summed E-state index contributed by atoms with van der Waals surface area (Å²) in [5.74, 6) is 1.68. The summed E-state index contributed by atoms with van der Waals surface area (Å²) in [6.45, 7) is 7.84. The molecule has 0 aliphatic heterocycles. The molecule has 3 heteroatoms. The first-order valence-electron chi connectivity index (χ1n) is 7.14. The van der Waals surface area contributed by atoms with Crippen LogP contribution in [-0.4, -0.2) is 26.9 Å². The fraction of sp³-hybridized carbons (Fsp3) is 0.625. The molecule has 0 saturated carbocycles. The fourth-order valence-corrected chi connectivity index (χ4v) is 1.76. The van der Waals surface area contributed by atoms with Crippen molar-refractivity contribution in [1.29, 1.82) is 0 Å². The van der Waals surface area contributed by atoms with E-state index in [1.807, 2.05) is 12.1 Å². The number of hydrogen-bond acceptors (Lipinski definition) is 3. The van der Waals surface area contributed by atoms with Crippen molar-refractivity contribution in [2.24, 2.45) is 5.92 Å². The van der Waals surface area contributed by atoms with Gasteiger partial charge in [-0.1, -0.05) is 32.0 Å². The average molecular weight is 265 g/mol. The smallest absolute Gasteiger partial charge is 0.123 e. The van der Waals surface area contributed by atoms with Crippen LogP contribution in [0.15, 0.2) is 24.3 Å². The molecular formula is C16H27NO2. The minimum absolute atomic E-state index is 0.680. The Balaban J connectivity index is 2.35. The van der Waals surface area contributed by atoms with Crippen molar-refractivity contribution in [3.8, 4) is 5.75 Å². The molecule has 0 aromatic heterocycles. The maximum atomic E-state index is 5.86. The molecule has 1 rings (SSSR count). The number of methoxy groups -OCH3 is 1. The van der Waals surface area contributed by atoms with E-state index in [2.05, 4.69) is 31.3 Å². The summed E-state index contributed by atoms with van der Waals surface area (Å²) >= 11 is 0. The second-order valence-corrected chi connectivity index (χ2v) is 5.16. The van der Waals surface area contributed by atoms with E-state index >= 15 is 0 Å². The Kier molecular flexibility index (Phi) is 8.26. The Hall–Kier alpha value is -1.06. The Morgan fingerprint density at radius 1 is 1.16 bits per heavy atom. The van der Waals surface area contributed by atoms with E-state index in [1.165, 1.54) is 5.56 Å². The van der Waals surface area contributed by atoms with Gasteiger partial charge in [0.05, 0.1) is 6.61 Å². The van der Waals surface area contributed by atoms with E-state index < -0.39 is 0 Å². The number of ether oxygens (including phenoxy) is 2. The molecule has 0 saturated heterocycles. The highest BCUT2D eigenvalue weighted by Crippen LogP contribution is 2.18. The minimum Gasteiger partial charge on any atom is -0.493 e. The van der Waals surface area contributed by atoms with Gasteiger partial charge < -0.3 is 14.8 Å². The molecule has 0 aliphatic carbocycles. The number of benzene rings is 1. The molecule has 0 heterocycles. The third-order valence-electron chi connectivity index (χ3n) is 2.94. The van der Waals surface area contributed by atoms with Gasteiger partial charge in [0, 0.05) is 25.8 Å². The predicted molar refractivity (Wildman–Crippen MR) is 79.6 cm³/mol. The third-order valence-corrected chi connectivity index (χ3v) is 2.94. The number of rotatable bonds is 10. The van der Waals surface area contributed by atoms with Crippen LogP contribution in [0, 0.1) is 5.92 Å². The lowest BCUT2D eigenvalue weighted by Crippen LogP contribution is -2.17. The minimum atomic E-state index is 0.680. The molecule has 0 aliphatic rings. The first-order chi connectivity index (χ1) is 9.24. The molecule has 1 aromatic rings. The van der Waals surface area contributed by atoms with Crippen LogP contribution in [0.5, 0.6) is 5.75 Å². The third kappa shape index (κ3) is 7.19. The van der Waals surface area contributed by atoms with Gasteiger partial charge in [-0.15, -0.1) is 0 Å². The van der Waals surface area contributed by atoms with Crippen LogP contribution in [-0.2, 0) is 11.3 Å². The van der Waals surface area contributed by atoms with Crippen LogP contribution in [0.25, 0.3) is 0 Å². The molecule has 0 atom stereocenters. The predicted octanol–water partition coefficient (Wildman–Crippen LogP) is 3.24. The monoisotopic (exact) mass is 265 g/mol. The van der Waals surface area contributed by atoms with Gasteiger partial charge in [-0.25, -0.2) is 0 Å². The first-order valence-corrected chi connectivity index (χ1v) is 7.14. The van der Waals surface area contributed by atoms with Crippen molar-refractivity contribution in [2.45, 2.75) is 33.2 Å². The van der Waals surface area contributed by atoms with Crippen LogP contribution in [0.1, 0.15) is 32.3 Å². The van der Waals surface area contributed by atoms with Crippen molar-refractivity contribution in [2.75, 3.05) is 26.9 Å². The first kappa shape index (κ1) is 16.0. The Labute approximate surface area is 117 Å². The molecule has 0 radical (unpaired) electrons. The van der Waals surface area contributed by atoms with Crippen molar-refractivity contribution in [3.63, 3.8) is 0 Å². The van der Waals surface area contributed by atoms with Crippen molar-refractivity contribution < 1.29 is 9.47 Å². The molecule has 0 spiro atoms. The van der Waals surface area contributed by atoms with Crippen LogP contribution in [0.3, 0.4) is 0 Å². The maximum Gasteiger partial charge on any atom is 0.123 e. The highest BCUT2D eigenvalue weighted by atomic mass is 16.5. The van der Waals surface area contributed by atoms with E-state index in [4.69, 9.17) is 9.47 Å². The molecule has 0 bridgehead atoms. The zero-order valence-corrected chi connectivity index (χ0v) is 12.4. The Morgan fingerprint density at radius 3 is 2.68 bits per heavy atom. The molecule has 1 aromatic carbocycles. The van der Waals surface area contributed by atoms with Crippen LogP contribution in [0.4, 0.5) is 0 Å². The van der Waals surface area contributed by atoms with E-state index in [0.717, 1.165) is 44.9 Å². The summed E-state index contributed by atoms with van der Waals surface area (Å²) in [4.78, 5) is 0. The van der Waals surface area contributed by atoms with Crippen molar-refractivity contribution in [3.05, 3.63) is 29.8 Å². The molecular weight excluding hydrogens is 238 g/mol. The summed E-state index contributed by atoms with van der Waals surface area (Å²) in [5, 5.41) is 3.42. The fourth-order valence-electron chi connectivity index (χ4n) is 1.76. The zero-order valence-electron chi connectivity index (χ0n) is 12.4. The van der Waals surface area contributed by atoms with E-state index in [-0.39, 0.29) is 0 Å². The molecule has 3 nitrogen and oxygen atoms in total. The lowest BCUT2D eigenvalue weighted by molar-refractivity contribution is 0.194. The largest absolute Gasteiger partial charge is 0.493 e. The lowest BCUT2D eigenvalue weighted by Gasteiger charge is -2.13. The number of hydrogen-bond donors (Lipinski definition) is 1. The SMILES string of the molecule is COCCCNCc1ccccc1OCCC(C)C. The van der Waals surface area contributed by atoms with Gasteiger partial charge in [-0.2, -0.15) is 0 Å². The lowest BCUT2D eigenvalue weighted by atomic mass is 10.1. The molecule has 0 fully saturated rings.